The topological polar surface area (TPSA) is 70.2 Å². The average Bonchev–Trinajstić information content (AvgIpc) is 2.66. The van der Waals surface area contributed by atoms with Crippen molar-refractivity contribution in [3.63, 3.8) is 0 Å². The normalized spacial score (nSPS) is 21.4. The van der Waals surface area contributed by atoms with Gasteiger partial charge in [-0.05, 0) is 45.4 Å². The summed E-state index contributed by atoms with van der Waals surface area (Å²) in [5.74, 6) is -0.0161. The number of hydrogen-bond donors (Lipinski definition) is 0. The van der Waals surface area contributed by atoms with Crippen molar-refractivity contribution in [1.82, 2.24) is 14.7 Å². The maximum atomic E-state index is 12.8. The first-order chi connectivity index (χ1) is 12.5. The van der Waals surface area contributed by atoms with E-state index in [9.17, 15) is 14.4 Å². The Morgan fingerprint density at radius 3 is 2.31 bits per heavy atom. The van der Waals surface area contributed by atoms with E-state index in [0.29, 0.717) is 38.6 Å². The van der Waals surface area contributed by atoms with E-state index in [2.05, 4.69) is 6.92 Å². The molecule has 7 nitrogen and oxygen atoms in total. The van der Waals surface area contributed by atoms with Crippen LogP contribution in [0.25, 0.3) is 0 Å². The Morgan fingerprint density at radius 1 is 1.04 bits per heavy atom. The molecule has 26 heavy (non-hydrogen) atoms. The lowest BCUT2D eigenvalue weighted by Crippen LogP contribution is -2.53. The second-order valence-electron chi connectivity index (χ2n) is 7.21. The highest BCUT2D eigenvalue weighted by molar-refractivity contribution is 5.84. The fourth-order valence-electron chi connectivity index (χ4n) is 4.06. The van der Waals surface area contributed by atoms with Gasteiger partial charge < -0.3 is 19.4 Å². The summed E-state index contributed by atoms with van der Waals surface area (Å²) in [7, 11) is 0. The first-order valence-corrected chi connectivity index (χ1v) is 9.96. The van der Waals surface area contributed by atoms with Gasteiger partial charge in [-0.25, -0.2) is 4.79 Å². The van der Waals surface area contributed by atoms with Gasteiger partial charge in [0.05, 0.1) is 6.61 Å². The lowest BCUT2D eigenvalue weighted by atomic mass is 9.99. The molecule has 0 aromatic heterocycles. The van der Waals surface area contributed by atoms with Crippen molar-refractivity contribution in [1.29, 1.82) is 0 Å². The number of ether oxygens (including phenoxy) is 1. The minimum Gasteiger partial charge on any atom is -0.450 e. The van der Waals surface area contributed by atoms with Gasteiger partial charge >= 0.3 is 6.09 Å². The van der Waals surface area contributed by atoms with Gasteiger partial charge in [-0.15, -0.1) is 0 Å². The summed E-state index contributed by atoms with van der Waals surface area (Å²) in [6, 6.07) is 0.308. The maximum Gasteiger partial charge on any atom is 0.409 e. The second-order valence-corrected chi connectivity index (χ2v) is 7.21. The molecule has 2 saturated heterocycles. The molecule has 0 spiro atoms. The van der Waals surface area contributed by atoms with E-state index in [4.69, 9.17) is 4.74 Å². The number of piperidine rings is 2. The average molecular weight is 367 g/mol. The summed E-state index contributed by atoms with van der Waals surface area (Å²) >= 11 is 0. The van der Waals surface area contributed by atoms with E-state index >= 15 is 0 Å². The Hall–Kier alpha value is -1.79. The first-order valence-electron chi connectivity index (χ1n) is 9.96. The Kier molecular flexibility index (Phi) is 7.72. The molecule has 2 aliphatic heterocycles. The minimum atomic E-state index is -0.296. The Bertz CT molecular complexity index is 503. The molecule has 0 bridgehead atoms. The molecular formula is C19H33N3O4. The summed E-state index contributed by atoms with van der Waals surface area (Å²) in [5, 5.41) is 0. The highest BCUT2D eigenvalue weighted by Crippen LogP contribution is 2.22. The summed E-state index contributed by atoms with van der Waals surface area (Å²) in [5.41, 5.74) is 0. The van der Waals surface area contributed by atoms with Crippen molar-refractivity contribution in [3.05, 3.63) is 0 Å². The Labute approximate surface area is 156 Å². The number of carbonyl (C=O) groups is 3. The van der Waals surface area contributed by atoms with Crippen LogP contribution in [0.2, 0.25) is 0 Å². The van der Waals surface area contributed by atoms with Crippen LogP contribution in [0.3, 0.4) is 0 Å². The van der Waals surface area contributed by atoms with Gasteiger partial charge in [-0.3, -0.25) is 9.59 Å². The van der Waals surface area contributed by atoms with Crippen LogP contribution in [-0.2, 0) is 14.3 Å². The molecule has 7 heteroatoms. The van der Waals surface area contributed by atoms with Crippen molar-refractivity contribution >= 4 is 17.9 Å². The predicted molar refractivity (Wildman–Crippen MR) is 98.6 cm³/mol. The lowest BCUT2D eigenvalue weighted by Gasteiger charge is -2.40. The molecule has 1 unspecified atom stereocenters. The zero-order valence-corrected chi connectivity index (χ0v) is 16.4. The van der Waals surface area contributed by atoms with Crippen molar-refractivity contribution < 1.29 is 19.1 Å². The molecule has 3 amide bonds. The van der Waals surface area contributed by atoms with Crippen LogP contribution in [0.15, 0.2) is 0 Å². The Morgan fingerprint density at radius 2 is 1.73 bits per heavy atom. The molecule has 2 rings (SSSR count). The number of nitrogens with zero attached hydrogens (tertiary/aromatic N) is 3. The zero-order chi connectivity index (χ0) is 19.1. The van der Waals surface area contributed by atoms with E-state index in [1.165, 1.54) is 13.3 Å². The fraction of sp³-hybridized carbons (Fsp3) is 0.842. The smallest absolute Gasteiger partial charge is 0.409 e. The standard InChI is InChI=1S/C19H33N3O4/c1-4-16-8-6-7-11-21(16)18(24)14-22(15(3)23)17-9-12-20(13-10-17)19(25)26-5-2/h16-17H,4-14H2,1-3H3. The third kappa shape index (κ3) is 5.11. The quantitative estimate of drug-likeness (QED) is 0.747. The van der Waals surface area contributed by atoms with E-state index in [0.717, 1.165) is 25.8 Å². The molecule has 1 atom stereocenters. The van der Waals surface area contributed by atoms with Crippen LogP contribution >= 0.6 is 0 Å². The second kappa shape index (κ2) is 9.78. The van der Waals surface area contributed by atoms with Crippen LogP contribution in [0.5, 0.6) is 0 Å². The highest BCUT2D eigenvalue weighted by atomic mass is 16.6. The number of carbonyl (C=O) groups excluding carboxylic acids is 3. The lowest BCUT2D eigenvalue weighted by molar-refractivity contribution is -0.144. The van der Waals surface area contributed by atoms with Crippen LogP contribution in [0.4, 0.5) is 4.79 Å². The van der Waals surface area contributed by atoms with Gasteiger partial charge in [-0.2, -0.15) is 0 Å². The minimum absolute atomic E-state index is 0.00648. The molecule has 2 heterocycles. The van der Waals surface area contributed by atoms with Gasteiger partial charge in [0.25, 0.3) is 0 Å². The first kappa shape index (κ1) is 20.5. The number of hydrogen-bond acceptors (Lipinski definition) is 4. The van der Waals surface area contributed by atoms with Crippen LogP contribution in [0, 0.1) is 0 Å². The van der Waals surface area contributed by atoms with Crippen molar-refractivity contribution in [2.24, 2.45) is 0 Å². The fourth-order valence-corrected chi connectivity index (χ4v) is 4.06. The SMILES string of the molecule is CCOC(=O)N1CCC(N(CC(=O)N2CCCCC2CC)C(C)=O)CC1. The molecular weight excluding hydrogens is 334 g/mol. The molecule has 2 fully saturated rings. The summed E-state index contributed by atoms with van der Waals surface area (Å²) in [4.78, 5) is 42.2. The molecule has 0 N–H and O–H groups in total. The van der Waals surface area contributed by atoms with Crippen LogP contribution in [0.1, 0.15) is 59.3 Å². The third-order valence-corrected chi connectivity index (χ3v) is 5.56. The van der Waals surface area contributed by atoms with Crippen molar-refractivity contribution in [3.8, 4) is 0 Å². The molecule has 0 aromatic carbocycles. The molecule has 0 aromatic rings. The molecule has 0 radical (unpaired) electrons. The molecule has 0 saturated carbocycles. The van der Waals surface area contributed by atoms with Gasteiger partial charge in [-0.1, -0.05) is 6.92 Å². The number of likely N-dealkylation sites (tertiary alicyclic amines) is 2. The van der Waals surface area contributed by atoms with Gasteiger partial charge in [0.2, 0.25) is 11.8 Å². The summed E-state index contributed by atoms with van der Waals surface area (Å²) in [6.45, 7) is 7.85. The predicted octanol–water partition coefficient (Wildman–Crippen LogP) is 2.25. The van der Waals surface area contributed by atoms with E-state index in [1.54, 1.807) is 16.7 Å². The molecule has 2 aliphatic rings. The largest absolute Gasteiger partial charge is 0.450 e. The maximum absolute atomic E-state index is 12.8. The van der Waals surface area contributed by atoms with Crippen molar-refractivity contribution in [2.45, 2.75) is 71.4 Å². The number of amides is 3. The van der Waals surface area contributed by atoms with Crippen LogP contribution in [-0.4, -0.2) is 77.5 Å². The van der Waals surface area contributed by atoms with Gasteiger partial charge in [0.15, 0.2) is 0 Å². The molecule has 0 aliphatic carbocycles. The van der Waals surface area contributed by atoms with E-state index in [1.807, 2.05) is 4.90 Å². The third-order valence-electron chi connectivity index (χ3n) is 5.56. The van der Waals surface area contributed by atoms with Gasteiger partial charge in [0, 0.05) is 38.6 Å². The monoisotopic (exact) mass is 367 g/mol. The Balaban J connectivity index is 1.93. The van der Waals surface area contributed by atoms with E-state index < -0.39 is 0 Å². The highest BCUT2D eigenvalue weighted by Gasteiger charge is 2.32. The van der Waals surface area contributed by atoms with Crippen LogP contribution < -0.4 is 0 Å². The zero-order valence-electron chi connectivity index (χ0n) is 16.4. The van der Waals surface area contributed by atoms with E-state index in [-0.39, 0.29) is 30.5 Å². The summed E-state index contributed by atoms with van der Waals surface area (Å²) in [6.07, 6.45) is 5.30. The summed E-state index contributed by atoms with van der Waals surface area (Å²) < 4.78 is 5.04. The van der Waals surface area contributed by atoms with Gasteiger partial charge in [0.1, 0.15) is 6.54 Å². The number of rotatable bonds is 5. The molecule has 148 valence electrons. The van der Waals surface area contributed by atoms with Crippen molar-refractivity contribution in [2.75, 3.05) is 32.8 Å².